The predicted octanol–water partition coefficient (Wildman–Crippen LogP) is 3.82. The summed E-state index contributed by atoms with van der Waals surface area (Å²) in [5, 5.41) is 9.84. The van der Waals surface area contributed by atoms with Crippen molar-refractivity contribution >= 4 is 46.7 Å². The lowest BCUT2D eigenvalue weighted by molar-refractivity contribution is -0.120. The maximum Gasteiger partial charge on any atom is 0.262 e. The number of para-hydroxylation sites is 1. The zero-order chi connectivity index (χ0) is 22.9. The number of carbonyl (C=O) groups is 2. The SMILES string of the molecule is COc1cc(C=NNC(=O)Cc2csc(C)n2)ccc1OCC(=O)Nc1ccccc1Cl. The van der Waals surface area contributed by atoms with E-state index in [1.54, 1.807) is 42.5 Å². The van der Waals surface area contributed by atoms with Gasteiger partial charge in [0.25, 0.3) is 5.91 Å². The van der Waals surface area contributed by atoms with E-state index in [0.29, 0.717) is 33.5 Å². The van der Waals surface area contributed by atoms with Crippen LogP contribution in [0.3, 0.4) is 0 Å². The van der Waals surface area contributed by atoms with Gasteiger partial charge >= 0.3 is 0 Å². The highest BCUT2D eigenvalue weighted by molar-refractivity contribution is 7.09. The van der Waals surface area contributed by atoms with E-state index in [-0.39, 0.29) is 24.8 Å². The van der Waals surface area contributed by atoms with Gasteiger partial charge in [0.2, 0.25) is 5.91 Å². The lowest BCUT2D eigenvalue weighted by Crippen LogP contribution is -2.20. The third kappa shape index (κ3) is 6.79. The molecule has 2 aromatic carbocycles. The number of aromatic nitrogens is 1. The van der Waals surface area contributed by atoms with E-state index in [1.165, 1.54) is 24.7 Å². The molecule has 0 unspecified atom stereocenters. The largest absolute Gasteiger partial charge is 0.493 e. The van der Waals surface area contributed by atoms with Crippen LogP contribution >= 0.6 is 22.9 Å². The van der Waals surface area contributed by atoms with Gasteiger partial charge in [-0.2, -0.15) is 5.10 Å². The molecule has 166 valence electrons. The fourth-order valence-corrected chi connectivity index (χ4v) is 3.44. The Kier molecular flexibility index (Phi) is 8.18. The summed E-state index contributed by atoms with van der Waals surface area (Å²) in [6, 6.07) is 12.0. The highest BCUT2D eigenvalue weighted by atomic mass is 35.5. The van der Waals surface area contributed by atoms with Crippen LogP contribution in [-0.2, 0) is 16.0 Å². The Bertz CT molecular complexity index is 1130. The van der Waals surface area contributed by atoms with Crippen LogP contribution in [0.2, 0.25) is 5.02 Å². The van der Waals surface area contributed by atoms with Crippen LogP contribution in [0, 0.1) is 6.92 Å². The molecule has 2 amide bonds. The van der Waals surface area contributed by atoms with Crippen molar-refractivity contribution in [1.29, 1.82) is 0 Å². The second-order valence-corrected chi connectivity index (χ2v) is 8.02. The van der Waals surface area contributed by atoms with Crippen LogP contribution in [0.15, 0.2) is 52.9 Å². The highest BCUT2D eigenvalue weighted by Crippen LogP contribution is 2.27. The lowest BCUT2D eigenvalue weighted by atomic mass is 10.2. The molecule has 10 heteroatoms. The van der Waals surface area contributed by atoms with Crippen molar-refractivity contribution in [3.05, 3.63) is 69.1 Å². The minimum Gasteiger partial charge on any atom is -0.493 e. The summed E-state index contributed by atoms with van der Waals surface area (Å²) >= 11 is 7.53. The Morgan fingerprint density at radius 1 is 1.19 bits per heavy atom. The summed E-state index contributed by atoms with van der Waals surface area (Å²) in [5.41, 5.74) is 4.37. The number of aryl methyl sites for hydroxylation is 1. The fourth-order valence-electron chi connectivity index (χ4n) is 2.65. The molecule has 0 atom stereocenters. The molecule has 0 aliphatic heterocycles. The monoisotopic (exact) mass is 472 g/mol. The van der Waals surface area contributed by atoms with Gasteiger partial charge in [-0.25, -0.2) is 10.4 Å². The van der Waals surface area contributed by atoms with Crippen molar-refractivity contribution in [1.82, 2.24) is 10.4 Å². The Morgan fingerprint density at radius 3 is 2.72 bits per heavy atom. The first-order valence-electron chi connectivity index (χ1n) is 9.52. The number of nitrogens with zero attached hydrogens (tertiary/aromatic N) is 2. The molecule has 3 rings (SSSR count). The van der Waals surface area contributed by atoms with Crippen LogP contribution in [0.4, 0.5) is 5.69 Å². The second kappa shape index (κ2) is 11.3. The maximum atomic E-state index is 12.1. The second-order valence-electron chi connectivity index (χ2n) is 6.55. The van der Waals surface area contributed by atoms with E-state index in [4.69, 9.17) is 21.1 Å². The molecular weight excluding hydrogens is 452 g/mol. The van der Waals surface area contributed by atoms with E-state index in [0.717, 1.165) is 5.01 Å². The minimum atomic E-state index is -0.358. The fraction of sp³-hybridized carbons (Fsp3) is 0.182. The van der Waals surface area contributed by atoms with Crippen LogP contribution in [0.1, 0.15) is 16.3 Å². The van der Waals surface area contributed by atoms with E-state index >= 15 is 0 Å². The molecule has 0 saturated heterocycles. The van der Waals surface area contributed by atoms with E-state index < -0.39 is 0 Å². The number of hydrogen-bond donors (Lipinski definition) is 2. The molecule has 8 nitrogen and oxygen atoms in total. The molecule has 3 aromatic rings. The number of anilines is 1. The first-order valence-corrected chi connectivity index (χ1v) is 10.8. The number of thiazole rings is 1. The third-order valence-corrected chi connectivity index (χ3v) is 5.26. The Hall–Kier alpha value is -3.43. The summed E-state index contributed by atoms with van der Waals surface area (Å²) in [4.78, 5) is 28.3. The van der Waals surface area contributed by atoms with Gasteiger partial charge in [-0.1, -0.05) is 23.7 Å². The molecule has 1 heterocycles. The van der Waals surface area contributed by atoms with E-state index in [9.17, 15) is 9.59 Å². The van der Waals surface area contributed by atoms with Gasteiger partial charge in [-0.05, 0) is 42.8 Å². The predicted molar refractivity (Wildman–Crippen MR) is 125 cm³/mol. The van der Waals surface area contributed by atoms with Gasteiger partial charge in [-0.15, -0.1) is 11.3 Å². The third-order valence-electron chi connectivity index (χ3n) is 4.11. The summed E-state index contributed by atoms with van der Waals surface area (Å²) in [5.74, 6) is 0.192. The number of hydrazone groups is 1. The molecule has 0 fully saturated rings. The molecule has 0 saturated carbocycles. The first-order chi connectivity index (χ1) is 15.4. The topological polar surface area (TPSA) is 102 Å². The Morgan fingerprint density at radius 2 is 2.00 bits per heavy atom. The number of methoxy groups -OCH3 is 1. The van der Waals surface area contributed by atoms with Crippen molar-refractivity contribution in [3.8, 4) is 11.5 Å². The van der Waals surface area contributed by atoms with Gasteiger partial charge in [0, 0.05) is 5.38 Å². The van der Waals surface area contributed by atoms with Crippen molar-refractivity contribution in [2.45, 2.75) is 13.3 Å². The number of amides is 2. The average molecular weight is 473 g/mol. The van der Waals surface area contributed by atoms with Gasteiger partial charge in [0.05, 0.1) is 41.2 Å². The van der Waals surface area contributed by atoms with Crippen molar-refractivity contribution in [2.75, 3.05) is 19.0 Å². The summed E-state index contributed by atoms with van der Waals surface area (Å²) < 4.78 is 10.9. The van der Waals surface area contributed by atoms with Gasteiger partial charge in [0.15, 0.2) is 18.1 Å². The molecule has 2 N–H and O–H groups in total. The normalized spacial score (nSPS) is 10.7. The summed E-state index contributed by atoms with van der Waals surface area (Å²) in [7, 11) is 1.49. The summed E-state index contributed by atoms with van der Waals surface area (Å²) in [6.45, 7) is 1.66. The number of rotatable bonds is 9. The zero-order valence-electron chi connectivity index (χ0n) is 17.4. The zero-order valence-corrected chi connectivity index (χ0v) is 19.0. The molecule has 0 spiro atoms. The number of ether oxygens (including phenoxy) is 2. The molecule has 0 aliphatic rings. The maximum absolute atomic E-state index is 12.1. The number of hydrogen-bond acceptors (Lipinski definition) is 7. The molecule has 0 bridgehead atoms. The van der Waals surface area contributed by atoms with Crippen LogP contribution in [0.5, 0.6) is 11.5 Å². The van der Waals surface area contributed by atoms with Crippen molar-refractivity contribution < 1.29 is 19.1 Å². The first kappa shape index (κ1) is 23.2. The van der Waals surface area contributed by atoms with E-state index in [1.807, 2.05) is 12.3 Å². The molecule has 0 aliphatic carbocycles. The minimum absolute atomic E-state index is 0.161. The molecule has 0 radical (unpaired) electrons. The van der Waals surface area contributed by atoms with Crippen LogP contribution in [-0.4, -0.2) is 36.7 Å². The van der Waals surface area contributed by atoms with Crippen molar-refractivity contribution in [2.24, 2.45) is 5.10 Å². The van der Waals surface area contributed by atoms with E-state index in [2.05, 4.69) is 20.8 Å². The van der Waals surface area contributed by atoms with Crippen LogP contribution in [0.25, 0.3) is 0 Å². The summed E-state index contributed by atoms with van der Waals surface area (Å²) in [6.07, 6.45) is 1.65. The average Bonchev–Trinajstić information content (AvgIpc) is 3.18. The molecule has 1 aromatic heterocycles. The number of benzene rings is 2. The lowest BCUT2D eigenvalue weighted by Gasteiger charge is -2.12. The van der Waals surface area contributed by atoms with Gasteiger partial charge in [-0.3, -0.25) is 9.59 Å². The number of carbonyl (C=O) groups excluding carboxylic acids is 2. The van der Waals surface area contributed by atoms with Gasteiger partial charge in [0.1, 0.15) is 0 Å². The smallest absolute Gasteiger partial charge is 0.262 e. The Balaban J connectivity index is 1.53. The van der Waals surface area contributed by atoms with Crippen LogP contribution < -0.4 is 20.2 Å². The molecule has 32 heavy (non-hydrogen) atoms. The Labute approximate surface area is 194 Å². The van der Waals surface area contributed by atoms with Crippen molar-refractivity contribution in [3.63, 3.8) is 0 Å². The molecular formula is C22H21ClN4O4S. The quantitative estimate of drug-likeness (QED) is 0.364. The highest BCUT2D eigenvalue weighted by Gasteiger charge is 2.10. The van der Waals surface area contributed by atoms with Gasteiger partial charge < -0.3 is 14.8 Å². The number of halogens is 1. The number of nitrogens with one attached hydrogen (secondary N) is 2. The standard InChI is InChI=1S/C22H21ClN4O4S/c1-14-25-16(13-32-14)10-21(28)27-24-11-15-7-8-19(20(9-15)30-2)31-12-22(29)26-18-6-4-3-5-17(18)23/h3-9,11,13H,10,12H2,1-2H3,(H,26,29)(H,27,28).